The zero-order valence-corrected chi connectivity index (χ0v) is 17.1. The lowest BCUT2D eigenvalue weighted by Gasteiger charge is -2.27. The van der Waals surface area contributed by atoms with E-state index >= 15 is 0 Å². The highest BCUT2D eigenvalue weighted by molar-refractivity contribution is 6.36. The van der Waals surface area contributed by atoms with Gasteiger partial charge in [0.05, 0.1) is 11.0 Å². The number of halogens is 2. The molecule has 28 heavy (non-hydrogen) atoms. The summed E-state index contributed by atoms with van der Waals surface area (Å²) in [5, 5.41) is 4.18. The molecule has 146 valence electrons. The second-order valence-corrected chi connectivity index (χ2v) is 8.35. The van der Waals surface area contributed by atoms with E-state index in [2.05, 4.69) is 21.4 Å². The van der Waals surface area contributed by atoms with Gasteiger partial charge in [-0.05, 0) is 55.9 Å². The number of imidazole rings is 1. The van der Waals surface area contributed by atoms with E-state index in [-0.39, 0.29) is 11.8 Å². The average Bonchev–Trinajstić information content (AvgIpc) is 3.10. The SMILES string of the molecule is O=C(NCc1c(Cl)cccc1Cl)[C@H]1CC[C@@H](Cc2nc3ccccc3[nH]2)CC1. The molecular weight excluding hydrogens is 393 g/mol. The van der Waals surface area contributed by atoms with Crippen LogP contribution in [-0.4, -0.2) is 15.9 Å². The lowest BCUT2D eigenvalue weighted by molar-refractivity contribution is -0.126. The number of hydrogen-bond donors (Lipinski definition) is 2. The number of fused-ring (bicyclic) bond motifs is 1. The number of carbonyl (C=O) groups is 1. The number of rotatable bonds is 5. The largest absolute Gasteiger partial charge is 0.352 e. The highest BCUT2D eigenvalue weighted by Gasteiger charge is 2.27. The maximum atomic E-state index is 12.6. The number of aromatic amines is 1. The van der Waals surface area contributed by atoms with Gasteiger partial charge in [0.15, 0.2) is 0 Å². The van der Waals surface area contributed by atoms with E-state index in [4.69, 9.17) is 23.2 Å². The molecule has 4 nitrogen and oxygen atoms in total. The van der Waals surface area contributed by atoms with Gasteiger partial charge in [0, 0.05) is 34.5 Å². The number of aromatic nitrogens is 2. The number of nitrogens with one attached hydrogen (secondary N) is 2. The van der Waals surface area contributed by atoms with E-state index in [1.807, 2.05) is 18.2 Å². The molecule has 0 radical (unpaired) electrons. The molecule has 0 aliphatic heterocycles. The molecule has 1 amide bonds. The molecule has 2 aromatic carbocycles. The van der Waals surface area contributed by atoms with Crippen LogP contribution in [0.1, 0.15) is 37.1 Å². The minimum Gasteiger partial charge on any atom is -0.352 e. The number of H-pyrrole nitrogens is 1. The van der Waals surface area contributed by atoms with Crippen LogP contribution >= 0.6 is 23.2 Å². The summed E-state index contributed by atoms with van der Waals surface area (Å²) < 4.78 is 0. The van der Waals surface area contributed by atoms with Crippen LogP contribution in [0.5, 0.6) is 0 Å². The van der Waals surface area contributed by atoms with Crippen LogP contribution in [0.25, 0.3) is 11.0 Å². The summed E-state index contributed by atoms with van der Waals surface area (Å²) in [5.74, 6) is 1.77. The Morgan fingerprint density at radius 3 is 2.46 bits per heavy atom. The predicted octanol–water partition coefficient (Wildman–Crippen LogP) is 5.54. The van der Waals surface area contributed by atoms with Crippen molar-refractivity contribution in [2.75, 3.05) is 0 Å². The minimum absolute atomic E-state index is 0.0631. The number of amides is 1. The van der Waals surface area contributed by atoms with Crippen molar-refractivity contribution in [3.8, 4) is 0 Å². The molecule has 0 spiro atoms. The van der Waals surface area contributed by atoms with Crippen molar-refractivity contribution in [1.82, 2.24) is 15.3 Å². The van der Waals surface area contributed by atoms with Gasteiger partial charge in [0.2, 0.25) is 5.91 Å². The molecular formula is C22H23Cl2N3O. The fourth-order valence-electron chi connectivity index (χ4n) is 4.03. The maximum absolute atomic E-state index is 12.6. The molecule has 1 aromatic heterocycles. The Hall–Kier alpha value is -2.04. The van der Waals surface area contributed by atoms with Crippen molar-refractivity contribution in [1.29, 1.82) is 0 Å². The first kappa shape index (κ1) is 19.3. The van der Waals surface area contributed by atoms with Crippen LogP contribution in [0.4, 0.5) is 0 Å². The van der Waals surface area contributed by atoms with Gasteiger partial charge < -0.3 is 10.3 Å². The normalized spacial score (nSPS) is 19.6. The zero-order valence-electron chi connectivity index (χ0n) is 15.6. The molecule has 0 atom stereocenters. The molecule has 0 saturated heterocycles. The smallest absolute Gasteiger partial charge is 0.223 e. The van der Waals surface area contributed by atoms with Crippen molar-refractivity contribution in [3.05, 3.63) is 63.9 Å². The first-order valence-electron chi connectivity index (χ1n) is 9.74. The predicted molar refractivity (Wildman–Crippen MR) is 114 cm³/mol. The molecule has 1 aliphatic carbocycles. The first-order valence-corrected chi connectivity index (χ1v) is 10.5. The van der Waals surface area contributed by atoms with Gasteiger partial charge in [-0.1, -0.05) is 41.4 Å². The Kier molecular flexibility index (Phi) is 5.88. The van der Waals surface area contributed by atoms with Crippen LogP contribution in [0.2, 0.25) is 10.0 Å². The average molecular weight is 416 g/mol. The second-order valence-electron chi connectivity index (χ2n) is 7.54. The topological polar surface area (TPSA) is 57.8 Å². The van der Waals surface area contributed by atoms with Gasteiger partial charge in [-0.25, -0.2) is 4.98 Å². The third-order valence-electron chi connectivity index (χ3n) is 5.64. The van der Waals surface area contributed by atoms with Crippen LogP contribution < -0.4 is 5.32 Å². The number of carbonyl (C=O) groups excluding carboxylic acids is 1. The van der Waals surface area contributed by atoms with Crippen molar-refractivity contribution < 1.29 is 4.79 Å². The molecule has 6 heteroatoms. The second kappa shape index (κ2) is 8.54. The van der Waals surface area contributed by atoms with Crippen LogP contribution in [0.15, 0.2) is 42.5 Å². The van der Waals surface area contributed by atoms with Crippen molar-refractivity contribution >= 4 is 40.1 Å². The molecule has 3 aromatic rings. The maximum Gasteiger partial charge on any atom is 0.223 e. The van der Waals surface area contributed by atoms with E-state index in [1.54, 1.807) is 18.2 Å². The first-order chi connectivity index (χ1) is 13.6. The Morgan fingerprint density at radius 2 is 1.75 bits per heavy atom. The van der Waals surface area contributed by atoms with Crippen LogP contribution in [-0.2, 0) is 17.8 Å². The fraction of sp³-hybridized carbons (Fsp3) is 0.364. The quantitative estimate of drug-likeness (QED) is 0.574. The number of nitrogens with zero attached hydrogens (tertiary/aromatic N) is 1. The Bertz CT molecular complexity index is 924. The third-order valence-corrected chi connectivity index (χ3v) is 6.35. The molecule has 1 heterocycles. The van der Waals surface area contributed by atoms with Gasteiger partial charge in [-0.15, -0.1) is 0 Å². The molecule has 1 fully saturated rings. The summed E-state index contributed by atoms with van der Waals surface area (Å²) in [7, 11) is 0. The van der Waals surface area contributed by atoms with Crippen molar-refractivity contribution in [2.45, 2.75) is 38.6 Å². The third kappa shape index (κ3) is 4.34. The highest BCUT2D eigenvalue weighted by Crippen LogP contribution is 2.31. The standard InChI is InChI=1S/C22H23Cl2N3O/c23-17-4-3-5-18(24)16(17)13-25-22(28)15-10-8-14(9-11-15)12-21-26-19-6-1-2-7-20(19)27-21/h1-7,14-15H,8-13H2,(H,25,28)(H,26,27)/t14-,15+. The fourth-order valence-corrected chi connectivity index (χ4v) is 4.56. The van der Waals surface area contributed by atoms with Crippen molar-refractivity contribution in [3.63, 3.8) is 0 Å². The Balaban J connectivity index is 1.28. The summed E-state index contributed by atoms with van der Waals surface area (Å²) in [6.07, 6.45) is 4.85. The number of benzene rings is 2. The van der Waals surface area contributed by atoms with Gasteiger partial charge in [-0.2, -0.15) is 0 Å². The molecule has 0 unspecified atom stereocenters. The van der Waals surface area contributed by atoms with Gasteiger partial charge >= 0.3 is 0 Å². The van der Waals surface area contributed by atoms with E-state index in [0.29, 0.717) is 22.5 Å². The summed E-state index contributed by atoms with van der Waals surface area (Å²) in [5.41, 5.74) is 2.88. The summed E-state index contributed by atoms with van der Waals surface area (Å²) in [6, 6.07) is 13.5. The van der Waals surface area contributed by atoms with Gasteiger partial charge in [-0.3, -0.25) is 4.79 Å². The van der Waals surface area contributed by atoms with Crippen molar-refractivity contribution in [2.24, 2.45) is 11.8 Å². The monoisotopic (exact) mass is 415 g/mol. The van der Waals surface area contributed by atoms with E-state index in [1.165, 1.54) is 0 Å². The van der Waals surface area contributed by atoms with Gasteiger partial charge in [0.1, 0.15) is 5.82 Å². The molecule has 0 bridgehead atoms. The molecule has 1 saturated carbocycles. The van der Waals surface area contributed by atoms with Gasteiger partial charge in [0.25, 0.3) is 0 Å². The van der Waals surface area contributed by atoms with E-state index in [9.17, 15) is 4.79 Å². The van der Waals surface area contributed by atoms with Crippen LogP contribution in [0, 0.1) is 11.8 Å². The Labute approximate surface area is 174 Å². The summed E-state index contributed by atoms with van der Waals surface area (Å²) >= 11 is 12.4. The molecule has 2 N–H and O–H groups in total. The molecule has 4 rings (SSSR count). The van der Waals surface area contributed by atoms with E-state index < -0.39 is 0 Å². The Morgan fingerprint density at radius 1 is 1.04 bits per heavy atom. The number of hydrogen-bond acceptors (Lipinski definition) is 2. The lowest BCUT2D eigenvalue weighted by atomic mass is 9.80. The number of para-hydroxylation sites is 2. The summed E-state index contributed by atoms with van der Waals surface area (Å²) in [4.78, 5) is 20.7. The minimum atomic E-state index is 0.0631. The van der Waals surface area contributed by atoms with Crippen LogP contribution in [0.3, 0.4) is 0 Å². The summed E-state index contributed by atoms with van der Waals surface area (Å²) in [6.45, 7) is 0.371. The highest BCUT2D eigenvalue weighted by atomic mass is 35.5. The molecule has 1 aliphatic rings. The zero-order chi connectivity index (χ0) is 19.5. The van der Waals surface area contributed by atoms with E-state index in [0.717, 1.165) is 54.5 Å². The lowest BCUT2D eigenvalue weighted by Crippen LogP contribution is -2.33.